The number of nitrogens with zero attached hydrogens (tertiary/aromatic N) is 5. The lowest BCUT2D eigenvalue weighted by Gasteiger charge is -2.34. The molecule has 0 spiro atoms. The van der Waals surface area contributed by atoms with Gasteiger partial charge < -0.3 is 23.9 Å². The number of carboxylic acid groups (broad SMARTS) is 1. The smallest absolute Gasteiger partial charge is 0.335 e. The Labute approximate surface area is 296 Å². The van der Waals surface area contributed by atoms with E-state index in [0.717, 1.165) is 55.6 Å². The van der Waals surface area contributed by atoms with Crippen LogP contribution < -0.4 is 9.64 Å². The molecular formula is C40H42ClN5O4. The molecule has 0 saturated carbocycles. The van der Waals surface area contributed by atoms with Gasteiger partial charge in [-0.1, -0.05) is 17.7 Å². The first-order valence-corrected chi connectivity index (χ1v) is 17.4. The molecule has 0 unspecified atom stereocenters. The molecule has 0 radical (unpaired) electrons. The van der Waals surface area contributed by atoms with Gasteiger partial charge in [-0.25, -0.2) is 4.79 Å². The number of benzene rings is 3. The summed E-state index contributed by atoms with van der Waals surface area (Å²) in [5.74, 6) is -0.292. The third-order valence-corrected chi connectivity index (χ3v) is 10.9. The lowest BCUT2D eigenvalue weighted by Crippen LogP contribution is -2.42. The second-order valence-electron chi connectivity index (χ2n) is 13.7. The molecule has 0 fully saturated rings. The highest BCUT2D eigenvalue weighted by Crippen LogP contribution is 2.45. The molecule has 258 valence electrons. The minimum absolute atomic E-state index is 0.124. The van der Waals surface area contributed by atoms with Gasteiger partial charge in [0.15, 0.2) is 0 Å². The lowest BCUT2D eigenvalue weighted by atomic mass is 9.98. The van der Waals surface area contributed by atoms with E-state index in [1.165, 1.54) is 16.7 Å². The summed E-state index contributed by atoms with van der Waals surface area (Å²) in [5, 5.41) is 16.8. The highest BCUT2D eigenvalue weighted by Gasteiger charge is 2.37. The van der Waals surface area contributed by atoms with Gasteiger partial charge in [0.2, 0.25) is 0 Å². The third-order valence-electron chi connectivity index (χ3n) is 10.6. The van der Waals surface area contributed by atoms with Crippen LogP contribution in [0.25, 0.3) is 32.9 Å². The standard InChI is InChI=1S/C40H42ClN5O4/c1-21-16-28(17-22(2)24(21)4)50-15-9-10-29-30-12-13-32(41)36(35-25(5)42-44(8)26(35)6)37(30)46-23(3)19-45(39(47)38(29)46)34-20-43(7)33-14-11-27(40(48)49)18-31(33)34/h11-14,16-18,20,23H,9-10,15,19H2,1-8H3,(H,48,49)/t23-/m1/s1. The lowest BCUT2D eigenvalue weighted by molar-refractivity contribution is 0.0696. The van der Waals surface area contributed by atoms with Gasteiger partial charge in [0.1, 0.15) is 11.4 Å². The van der Waals surface area contributed by atoms with Crippen molar-refractivity contribution in [3.05, 3.63) is 98.6 Å². The van der Waals surface area contributed by atoms with E-state index in [1.54, 1.807) is 18.2 Å². The second-order valence-corrected chi connectivity index (χ2v) is 14.2. The van der Waals surface area contributed by atoms with E-state index in [4.69, 9.17) is 21.4 Å². The SMILES string of the molecule is Cc1cc(OCCCc2c3n(c4c(-c5c(C)nn(C)c5C)c(Cl)ccc24)[C@H](C)CN(c2cn(C)c4ccc(C(=O)O)cc24)C3=O)cc(C)c1C. The van der Waals surface area contributed by atoms with Gasteiger partial charge in [0.25, 0.3) is 5.91 Å². The zero-order chi connectivity index (χ0) is 35.8. The van der Waals surface area contributed by atoms with E-state index in [-0.39, 0.29) is 17.5 Å². The third kappa shape index (κ3) is 5.26. The number of rotatable bonds is 8. The van der Waals surface area contributed by atoms with Gasteiger partial charge in [-0.15, -0.1) is 0 Å². The van der Waals surface area contributed by atoms with Crippen molar-refractivity contribution >= 4 is 51.0 Å². The molecule has 3 aromatic heterocycles. The minimum Gasteiger partial charge on any atom is -0.494 e. The number of anilines is 1. The number of carbonyl (C=O) groups excluding carboxylic acids is 1. The molecule has 7 rings (SSSR count). The Morgan fingerprint density at radius 1 is 1.00 bits per heavy atom. The van der Waals surface area contributed by atoms with Crippen LogP contribution in [0.1, 0.15) is 73.9 Å². The maximum atomic E-state index is 15.0. The molecular weight excluding hydrogens is 650 g/mol. The number of hydrogen-bond acceptors (Lipinski definition) is 4. The number of carbonyl (C=O) groups is 2. The Morgan fingerprint density at radius 3 is 2.38 bits per heavy atom. The molecule has 0 saturated heterocycles. The number of aromatic carboxylic acids is 1. The van der Waals surface area contributed by atoms with Crippen LogP contribution >= 0.6 is 11.6 Å². The Balaban J connectivity index is 1.38. The van der Waals surface area contributed by atoms with Crippen LogP contribution in [0.4, 0.5) is 5.69 Å². The molecule has 1 amide bonds. The Bertz CT molecular complexity index is 2360. The number of halogens is 1. The molecule has 6 aromatic rings. The van der Waals surface area contributed by atoms with Crippen LogP contribution in [-0.4, -0.2) is 49.0 Å². The fraction of sp³-hybridized carbons (Fsp3) is 0.325. The fourth-order valence-corrected chi connectivity index (χ4v) is 7.99. The molecule has 1 aliphatic heterocycles. The molecule has 4 heterocycles. The quantitative estimate of drug-likeness (QED) is 0.161. The average Bonchev–Trinajstić information content (AvgIpc) is 3.67. The number of aryl methyl sites for hydroxylation is 6. The second kappa shape index (κ2) is 12.4. The number of hydrogen-bond donors (Lipinski definition) is 1. The summed E-state index contributed by atoms with van der Waals surface area (Å²) >= 11 is 7.07. The first-order chi connectivity index (χ1) is 23.8. The molecule has 3 aromatic carbocycles. The molecule has 0 bridgehead atoms. The molecule has 1 atom stereocenters. The number of fused-ring (bicyclic) bond motifs is 4. The zero-order valence-electron chi connectivity index (χ0n) is 29.8. The van der Waals surface area contributed by atoms with Crippen molar-refractivity contribution < 1.29 is 19.4 Å². The zero-order valence-corrected chi connectivity index (χ0v) is 30.6. The predicted octanol–water partition coefficient (Wildman–Crippen LogP) is 8.66. The summed E-state index contributed by atoms with van der Waals surface area (Å²) in [6.45, 7) is 13.4. The van der Waals surface area contributed by atoms with Crippen LogP contribution in [0.3, 0.4) is 0 Å². The minimum atomic E-state index is -1.01. The van der Waals surface area contributed by atoms with Gasteiger partial charge in [0.05, 0.1) is 34.1 Å². The highest BCUT2D eigenvalue weighted by atomic mass is 35.5. The highest BCUT2D eigenvalue weighted by molar-refractivity contribution is 6.35. The normalized spacial score (nSPS) is 14.6. The first kappa shape index (κ1) is 33.5. The van der Waals surface area contributed by atoms with Gasteiger partial charge in [-0.05, 0) is 113 Å². The average molecular weight is 692 g/mol. The van der Waals surface area contributed by atoms with Crippen molar-refractivity contribution in [1.29, 1.82) is 0 Å². The topological polar surface area (TPSA) is 94.5 Å². The van der Waals surface area contributed by atoms with Crippen molar-refractivity contribution in [3.63, 3.8) is 0 Å². The predicted molar refractivity (Wildman–Crippen MR) is 199 cm³/mol. The van der Waals surface area contributed by atoms with E-state index in [9.17, 15) is 14.7 Å². The maximum Gasteiger partial charge on any atom is 0.335 e. The van der Waals surface area contributed by atoms with Crippen molar-refractivity contribution in [2.24, 2.45) is 14.1 Å². The number of amides is 1. The van der Waals surface area contributed by atoms with Crippen LogP contribution in [0.2, 0.25) is 5.02 Å². The van der Waals surface area contributed by atoms with E-state index in [0.29, 0.717) is 42.4 Å². The molecule has 1 N–H and O–H groups in total. The van der Waals surface area contributed by atoms with Crippen LogP contribution in [0, 0.1) is 34.6 Å². The monoisotopic (exact) mass is 691 g/mol. The van der Waals surface area contributed by atoms with E-state index >= 15 is 0 Å². The Morgan fingerprint density at radius 2 is 1.72 bits per heavy atom. The maximum absolute atomic E-state index is 15.0. The Kier molecular flexibility index (Phi) is 8.29. The van der Waals surface area contributed by atoms with Gasteiger partial charge >= 0.3 is 5.97 Å². The number of carboxylic acids is 1. The number of aromatic nitrogens is 4. The van der Waals surface area contributed by atoms with Crippen molar-refractivity contribution in [2.75, 3.05) is 18.1 Å². The van der Waals surface area contributed by atoms with E-state index < -0.39 is 5.97 Å². The summed E-state index contributed by atoms with van der Waals surface area (Å²) in [4.78, 5) is 28.7. The van der Waals surface area contributed by atoms with Crippen molar-refractivity contribution in [3.8, 4) is 16.9 Å². The summed E-state index contributed by atoms with van der Waals surface area (Å²) in [5.41, 5.74) is 11.6. The van der Waals surface area contributed by atoms with Gasteiger partial charge in [-0.2, -0.15) is 5.10 Å². The largest absolute Gasteiger partial charge is 0.494 e. The van der Waals surface area contributed by atoms with Gasteiger partial charge in [0, 0.05) is 66.0 Å². The van der Waals surface area contributed by atoms with E-state index in [2.05, 4.69) is 44.4 Å². The van der Waals surface area contributed by atoms with Crippen LogP contribution in [0.5, 0.6) is 5.75 Å². The van der Waals surface area contributed by atoms with Crippen molar-refractivity contribution in [1.82, 2.24) is 18.9 Å². The Hall–Kier alpha value is -5.02. The van der Waals surface area contributed by atoms with Crippen molar-refractivity contribution in [2.45, 2.75) is 60.4 Å². The summed E-state index contributed by atoms with van der Waals surface area (Å²) in [7, 11) is 3.84. The first-order valence-electron chi connectivity index (χ1n) is 17.0. The molecule has 0 aliphatic carbocycles. The fourth-order valence-electron chi connectivity index (χ4n) is 7.75. The molecule has 10 heteroatoms. The van der Waals surface area contributed by atoms with Crippen LogP contribution in [0.15, 0.2) is 48.7 Å². The van der Waals surface area contributed by atoms with E-state index in [1.807, 2.05) is 60.4 Å². The molecule has 50 heavy (non-hydrogen) atoms. The van der Waals surface area contributed by atoms with Gasteiger partial charge in [-0.3, -0.25) is 9.48 Å². The van der Waals surface area contributed by atoms with Crippen LogP contribution in [-0.2, 0) is 20.5 Å². The number of ether oxygens (including phenoxy) is 1. The molecule has 1 aliphatic rings. The summed E-state index contributed by atoms with van der Waals surface area (Å²) in [6, 6.07) is 13.1. The molecule has 9 nitrogen and oxygen atoms in total. The summed E-state index contributed by atoms with van der Waals surface area (Å²) in [6.07, 6.45) is 3.22. The summed E-state index contributed by atoms with van der Waals surface area (Å²) < 4.78 is 12.2.